The Morgan fingerprint density at radius 1 is 1.29 bits per heavy atom. The summed E-state index contributed by atoms with van der Waals surface area (Å²) >= 11 is 5.54. The van der Waals surface area contributed by atoms with Crippen LogP contribution >= 0.6 is 27.7 Å². The summed E-state index contributed by atoms with van der Waals surface area (Å²) in [5.41, 5.74) is 0. The van der Waals surface area contributed by atoms with Crippen molar-refractivity contribution in [1.82, 2.24) is 9.80 Å². The SMILES string of the molecule is BrCC1CN=C(N2CCCN3CCCC3C2)S1. The fourth-order valence-corrected chi connectivity index (χ4v) is 4.61. The van der Waals surface area contributed by atoms with Crippen LogP contribution in [-0.4, -0.2) is 64.3 Å². The number of alkyl halides is 1. The summed E-state index contributed by atoms with van der Waals surface area (Å²) in [6, 6.07) is 0.795. The zero-order valence-electron chi connectivity index (χ0n) is 10.1. The summed E-state index contributed by atoms with van der Waals surface area (Å²) in [4.78, 5) is 9.95. The van der Waals surface area contributed by atoms with Crippen molar-refractivity contribution >= 4 is 32.9 Å². The summed E-state index contributed by atoms with van der Waals surface area (Å²) in [6.07, 6.45) is 4.08. The highest BCUT2D eigenvalue weighted by Crippen LogP contribution is 2.28. The van der Waals surface area contributed by atoms with Gasteiger partial charge in [0.05, 0.1) is 6.54 Å². The Balaban J connectivity index is 1.63. The van der Waals surface area contributed by atoms with Gasteiger partial charge in [0.25, 0.3) is 0 Å². The average Bonchev–Trinajstić information content (AvgIpc) is 2.94. The number of thioether (sulfide) groups is 1. The predicted octanol–water partition coefficient (Wildman–Crippen LogP) is 2.02. The van der Waals surface area contributed by atoms with E-state index in [9.17, 15) is 0 Å². The Morgan fingerprint density at radius 2 is 2.18 bits per heavy atom. The molecule has 96 valence electrons. The molecule has 0 saturated carbocycles. The maximum atomic E-state index is 4.72. The second-order valence-electron chi connectivity index (χ2n) is 5.15. The fourth-order valence-electron chi connectivity index (χ4n) is 3.04. The van der Waals surface area contributed by atoms with Crippen molar-refractivity contribution in [2.75, 3.05) is 38.1 Å². The van der Waals surface area contributed by atoms with Crippen molar-refractivity contribution in [1.29, 1.82) is 0 Å². The van der Waals surface area contributed by atoms with Gasteiger partial charge in [-0.05, 0) is 25.8 Å². The van der Waals surface area contributed by atoms with Crippen LogP contribution < -0.4 is 0 Å². The molecule has 5 heteroatoms. The molecule has 3 nitrogen and oxygen atoms in total. The van der Waals surface area contributed by atoms with Gasteiger partial charge in [-0.15, -0.1) is 0 Å². The Kier molecular flexibility index (Phi) is 3.97. The Bertz CT molecular complexity index is 310. The van der Waals surface area contributed by atoms with Gasteiger partial charge in [-0.2, -0.15) is 0 Å². The summed E-state index contributed by atoms with van der Waals surface area (Å²) < 4.78 is 0. The highest BCUT2D eigenvalue weighted by molar-refractivity contribution is 9.09. The van der Waals surface area contributed by atoms with Crippen LogP contribution in [0.25, 0.3) is 0 Å². The first-order valence-corrected chi connectivity index (χ1v) is 8.63. The molecular formula is C12H20BrN3S. The van der Waals surface area contributed by atoms with Crippen molar-refractivity contribution in [2.45, 2.75) is 30.6 Å². The highest BCUT2D eigenvalue weighted by Gasteiger charge is 2.31. The lowest BCUT2D eigenvalue weighted by Crippen LogP contribution is -2.38. The van der Waals surface area contributed by atoms with Gasteiger partial charge >= 0.3 is 0 Å². The number of nitrogens with zero attached hydrogens (tertiary/aromatic N) is 3. The molecule has 0 aromatic heterocycles. The Hall–Kier alpha value is 0.260. The van der Waals surface area contributed by atoms with Gasteiger partial charge in [0.2, 0.25) is 0 Å². The van der Waals surface area contributed by atoms with Gasteiger partial charge in [0.15, 0.2) is 5.17 Å². The quantitative estimate of drug-likeness (QED) is 0.690. The third-order valence-electron chi connectivity index (χ3n) is 3.95. The third kappa shape index (κ3) is 2.66. The maximum absolute atomic E-state index is 4.72. The van der Waals surface area contributed by atoms with Crippen LogP contribution in [0, 0.1) is 0 Å². The molecule has 2 fully saturated rings. The minimum Gasteiger partial charge on any atom is -0.350 e. The largest absolute Gasteiger partial charge is 0.350 e. The second kappa shape index (κ2) is 5.49. The van der Waals surface area contributed by atoms with E-state index in [2.05, 4.69) is 25.7 Å². The van der Waals surface area contributed by atoms with Gasteiger partial charge < -0.3 is 4.90 Å². The molecule has 0 spiro atoms. The molecule has 2 atom stereocenters. The molecule has 3 aliphatic heterocycles. The van der Waals surface area contributed by atoms with E-state index in [1.807, 2.05) is 11.8 Å². The molecule has 3 rings (SSSR count). The maximum Gasteiger partial charge on any atom is 0.159 e. The van der Waals surface area contributed by atoms with Crippen LogP contribution in [0.2, 0.25) is 0 Å². The lowest BCUT2D eigenvalue weighted by Gasteiger charge is -2.26. The molecule has 0 N–H and O–H groups in total. The van der Waals surface area contributed by atoms with Crippen LogP contribution in [0.3, 0.4) is 0 Å². The minimum atomic E-state index is 0.660. The second-order valence-corrected chi connectivity index (χ2v) is 7.06. The number of halogens is 1. The van der Waals surface area contributed by atoms with Crippen LogP contribution in [-0.2, 0) is 0 Å². The van der Waals surface area contributed by atoms with E-state index in [4.69, 9.17) is 4.99 Å². The first-order chi connectivity index (χ1) is 8.36. The van der Waals surface area contributed by atoms with Crippen molar-refractivity contribution < 1.29 is 0 Å². The van der Waals surface area contributed by atoms with E-state index < -0.39 is 0 Å². The number of fused-ring (bicyclic) bond motifs is 1. The summed E-state index contributed by atoms with van der Waals surface area (Å²) in [5, 5.41) is 3.03. The smallest absolute Gasteiger partial charge is 0.159 e. The molecular weight excluding hydrogens is 298 g/mol. The Labute approximate surface area is 116 Å². The molecule has 3 aliphatic rings. The lowest BCUT2D eigenvalue weighted by molar-refractivity contribution is 0.256. The molecule has 0 amide bonds. The monoisotopic (exact) mass is 317 g/mol. The number of hydrogen-bond acceptors (Lipinski definition) is 4. The molecule has 0 bridgehead atoms. The average molecular weight is 318 g/mol. The van der Waals surface area contributed by atoms with Crippen molar-refractivity contribution in [3.63, 3.8) is 0 Å². The van der Waals surface area contributed by atoms with E-state index in [-0.39, 0.29) is 0 Å². The van der Waals surface area contributed by atoms with E-state index in [1.54, 1.807) is 0 Å². The molecule has 2 unspecified atom stereocenters. The molecule has 17 heavy (non-hydrogen) atoms. The fraction of sp³-hybridized carbons (Fsp3) is 0.917. The van der Waals surface area contributed by atoms with E-state index in [0.29, 0.717) is 5.25 Å². The van der Waals surface area contributed by atoms with Gasteiger partial charge in [-0.25, -0.2) is 0 Å². The zero-order chi connectivity index (χ0) is 11.7. The van der Waals surface area contributed by atoms with Crippen molar-refractivity contribution in [2.24, 2.45) is 4.99 Å². The minimum absolute atomic E-state index is 0.660. The topological polar surface area (TPSA) is 18.8 Å². The zero-order valence-corrected chi connectivity index (χ0v) is 12.5. The van der Waals surface area contributed by atoms with Gasteiger partial charge in [0.1, 0.15) is 0 Å². The molecule has 0 aliphatic carbocycles. The third-order valence-corrected chi connectivity index (χ3v) is 6.41. The number of amidine groups is 1. The molecule has 0 radical (unpaired) electrons. The molecule has 0 aromatic carbocycles. The van der Waals surface area contributed by atoms with E-state index >= 15 is 0 Å². The number of hydrogen-bond donors (Lipinski definition) is 0. The van der Waals surface area contributed by atoms with Crippen LogP contribution in [0.5, 0.6) is 0 Å². The molecule has 2 saturated heterocycles. The summed E-state index contributed by atoms with van der Waals surface area (Å²) in [7, 11) is 0. The van der Waals surface area contributed by atoms with Crippen molar-refractivity contribution in [3.05, 3.63) is 0 Å². The Morgan fingerprint density at radius 3 is 3.00 bits per heavy atom. The van der Waals surface area contributed by atoms with Gasteiger partial charge in [0, 0.05) is 36.3 Å². The van der Waals surface area contributed by atoms with Gasteiger partial charge in [-0.3, -0.25) is 9.89 Å². The van der Waals surface area contributed by atoms with Crippen LogP contribution in [0.4, 0.5) is 0 Å². The van der Waals surface area contributed by atoms with Crippen LogP contribution in [0.15, 0.2) is 4.99 Å². The normalized spacial score (nSPS) is 34.6. The van der Waals surface area contributed by atoms with E-state index in [1.165, 1.54) is 50.6 Å². The van der Waals surface area contributed by atoms with Gasteiger partial charge in [-0.1, -0.05) is 27.7 Å². The van der Waals surface area contributed by atoms with Crippen LogP contribution in [0.1, 0.15) is 19.3 Å². The standard InChI is InChI=1S/C12H20BrN3S/c13-7-11-8-14-12(17-11)16-6-2-5-15-4-1-3-10(15)9-16/h10-11H,1-9H2. The summed E-state index contributed by atoms with van der Waals surface area (Å²) in [5.74, 6) is 0. The summed E-state index contributed by atoms with van der Waals surface area (Å²) in [6.45, 7) is 6.02. The highest BCUT2D eigenvalue weighted by atomic mass is 79.9. The lowest BCUT2D eigenvalue weighted by atomic mass is 10.2. The number of rotatable bonds is 1. The first-order valence-electron chi connectivity index (χ1n) is 6.63. The molecule has 3 heterocycles. The molecule has 0 aromatic rings. The predicted molar refractivity (Wildman–Crippen MR) is 78.3 cm³/mol. The van der Waals surface area contributed by atoms with Crippen molar-refractivity contribution in [3.8, 4) is 0 Å². The van der Waals surface area contributed by atoms with E-state index in [0.717, 1.165) is 17.9 Å². The number of aliphatic imine (C=N–C) groups is 1. The first kappa shape index (κ1) is 12.3.